The summed E-state index contributed by atoms with van der Waals surface area (Å²) in [5.74, 6) is 0.0139. The average Bonchev–Trinajstić information content (AvgIpc) is 2.94. The van der Waals surface area contributed by atoms with Gasteiger partial charge in [0, 0.05) is 43.4 Å². The van der Waals surface area contributed by atoms with E-state index in [1.54, 1.807) is 0 Å². The van der Waals surface area contributed by atoms with Gasteiger partial charge in [-0.2, -0.15) is 0 Å². The second-order valence-corrected chi connectivity index (χ2v) is 9.72. The second-order valence-electron chi connectivity index (χ2n) is 9.72. The molecule has 1 fully saturated rings. The molecule has 0 aromatic carbocycles. The number of aliphatic carboxylic acids is 2. The van der Waals surface area contributed by atoms with E-state index in [9.17, 15) is 19.5 Å². The molecular weight excluding hydrogens is 506 g/mol. The molecule has 1 amide bonds. The number of piperidine rings is 1. The van der Waals surface area contributed by atoms with Gasteiger partial charge in [-0.3, -0.25) is 0 Å². The van der Waals surface area contributed by atoms with Crippen LogP contribution >= 0.6 is 0 Å². The van der Waals surface area contributed by atoms with Gasteiger partial charge >= 0.3 is 18.0 Å². The number of hydrogen-bond acceptors (Lipinski definition) is 10. The molecule has 4 rings (SSSR count). The van der Waals surface area contributed by atoms with Crippen molar-refractivity contribution < 1.29 is 29.3 Å². The van der Waals surface area contributed by atoms with Crippen LogP contribution in [0.25, 0.3) is 0 Å². The number of hydrogen-bond donors (Lipinski definition) is 5. The van der Waals surface area contributed by atoms with Gasteiger partial charge in [-0.15, -0.1) is 0 Å². The van der Waals surface area contributed by atoms with Gasteiger partial charge in [-0.05, 0) is 50.7 Å². The predicted molar refractivity (Wildman–Crippen MR) is 143 cm³/mol. The second kappa shape index (κ2) is 12.6. The van der Waals surface area contributed by atoms with Gasteiger partial charge in [-0.25, -0.2) is 29.3 Å². The number of alkyl carbamates (subject to hydrolysis) is 1. The minimum atomic E-state index is -1.41. The molecule has 13 nitrogen and oxygen atoms in total. The summed E-state index contributed by atoms with van der Waals surface area (Å²) in [4.78, 5) is 50.5. The van der Waals surface area contributed by atoms with Crippen molar-refractivity contribution in [3.05, 3.63) is 35.3 Å². The first kappa shape index (κ1) is 27.9. The summed E-state index contributed by atoms with van der Waals surface area (Å²) < 4.78 is 4.67. The van der Waals surface area contributed by atoms with Crippen molar-refractivity contribution >= 4 is 35.5 Å². The zero-order valence-corrected chi connectivity index (χ0v) is 22.1. The molecule has 39 heavy (non-hydrogen) atoms. The van der Waals surface area contributed by atoms with Gasteiger partial charge in [0.2, 0.25) is 0 Å². The van der Waals surface area contributed by atoms with E-state index >= 15 is 0 Å². The van der Waals surface area contributed by atoms with Crippen LogP contribution in [-0.2, 0) is 27.2 Å². The molecule has 13 heteroatoms. The molecule has 0 unspecified atom stereocenters. The van der Waals surface area contributed by atoms with E-state index in [-0.39, 0.29) is 6.54 Å². The molecule has 0 bridgehead atoms. The number of pyridine rings is 1. The van der Waals surface area contributed by atoms with E-state index in [1.807, 2.05) is 6.92 Å². The Morgan fingerprint density at radius 1 is 1.18 bits per heavy atom. The van der Waals surface area contributed by atoms with E-state index in [4.69, 9.17) is 10.1 Å². The molecule has 0 radical (unpaired) electrons. The number of fused-ring (bicyclic) bond motifs is 1. The van der Waals surface area contributed by atoms with E-state index < -0.39 is 30.2 Å². The highest BCUT2D eigenvalue weighted by atomic mass is 16.6. The summed E-state index contributed by atoms with van der Waals surface area (Å²) in [6.07, 6.45) is 3.57. The van der Waals surface area contributed by atoms with Crippen molar-refractivity contribution in [2.24, 2.45) is 0 Å². The maximum atomic E-state index is 11.9. The fraction of sp³-hybridized carbons (Fsp3) is 0.538. The molecule has 210 valence electrons. The van der Waals surface area contributed by atoms with Crippen LogP contribution in [0, 0.1) is 0 Å². The van der Waals surface area contributed by atoms with Crippen LogP contribution in [0.3, 0.4) is 0 Å². The number of nitrogens with zero attached hydrogens (tertiary/aromatic N) is 4. The lowest BCUT2D eigenvalue weighted by Crippen LogP contribution is -2.46. The summed E-state index contributed by atoms with van der Waals surface area (Å²) in [6.45, 7) is 5.52. The molecule has 0 aliphatic carbocycles. The van der Waals surface area contributed by atoms with Crippen molar-refractivity contribution in [1.82, 2.24) is 20.3 Å². The number of aromatic nitrogens is 3. The monoisotopic (exact) mass is 541 g/mol. The Bertz CT molecular complexity index is 1200. The normalized spacial score (nSPS) is 16.8. The molecule has 2 aliphatic heterocycles. The minimum Gasteiger partial charge on any atom is -0.480 e. The molecule has 2 atom stereocenters. The Morgan fingerprint density at radius 2 is 1.95 bits per heavy atom. The van der Waals surface area contributed by atoms with Crippen LogP contribution in [0.2, 0.25) is 0 Å². The predicted octanol–water partition coefficient (Wildman–Crippen LogP) is 2.24. The quantitative estimate of drug-likeness (QED) is 0.297. The number of carboxylic acids is 2. The standard InChI is InChI=1S/C26H35N7O6/c1-3-18-22(28-13-20(25(36)37)32-26(38)39-15(2)24(34)35)29-14-30-23(18)33-11-8-16(9-12-33)19-7-6-17-5-4-10-27-21(17)31-19/h6-7,14-16,20H,3-5,8-13H2,1-2H3,(H,27,31)(H,32,38)(H,34,35)(H,36,37)(H,28,29,30)/t15-,20-/m0/s1. The molecule has 0 saturated carbocycles. The lowest BCUT2D eigenvalue weighted by molar-refractivity contribution is -0.145. The van der Waals surface area contributed by atoms with E-state index in [0.29, 0.717) is 18.2 Å². The lowest BCUT2D eigenvalue weighted by atomic mass is 9.92. The SMILES string of the molecule is CCc1c(NC[C@H](NC(=O)O[C@@H](C)C(=O)O)C(=O)O)ncnc1N1CCC(c2ccc3c(n2)NCCC3)CC1. The first-order valence-electron chi connectivity index (χ1n) is 13.3. The van der Waals surface area contributed by atoms with Gasteiger partial charge in [0.1, 0.15) is 29.8 Å². The van der Waals surface area contributed by atoms with E-state index in [2.05, 4.69) is 47.7 Å². The number of ether oxygens (including phenoxy) is 1. The van der Waals surface area contributed by atoms with Gasteiger partial charge in [0.25, 0.3) is 0 Å². The number of amides is 1. The van der Waals surface area contributed by atoms with Crippen molar-refractivity contribution in [3.63, 3.8) is 0 Å². The van der Waals surface area contributed by atoms with Crippen LogP contribution in [0.15, 0.2) is 18.5 Å². The van der Waals surface area contributed by atoms with E-state index in [0.717, 1.165) is 68.2 Å². The first-order chi connectivity index (χ1) is 18.8. The summed E-state index contributed by atoms with van der Waals surface area (Å²) in [5, 5.41) is 27.0. The van der Waals surface area contributed by atoms with Crippen LogP contribution in [0.1, 0.15) is 55.8 Å². The Hall–Kier alpha value is -4.16. The topological polar surface area (TPSA) is 179 Å². The number of carboxylic acid groups (broad SMARTS) is 2. The number of aryl methyl sites for hydroxylation is 1. The van der Waals surface area contributed by atoms with E-state index in [1.165, 1.54) is 18.8 Å². The molecule has 5 N–H and O–H groups in total. The molecular formula is C26H35N7O6. The molecule has 2 aliphatic rings. The summed E-state index contributed by atoms with van der Waals surface area (Å²) >= 11 is 0. The summed E-state index contributed by atoms with van der Waals surface area (Å²) in [6, 6.07) is 2.98. The molecule has 4 heterocycles. The maximum Gasteiger partial charge on any atom is 0.408 e. The highest BCUT2D eigenvalue weighted by Gasteiger charge is 2.27. The summed E-state index contributed by atoms with van der Waals surface area (Å²) in [5.41, 5.74) is 3.24. The number of rotatable bonds is 10. The lowest BCUT2D eigenvalue weighted by Gasteiger charge is -2.34. The van der Waals surface area contributed by atoms with Crippen molar-refractivity contribution in [3.8, 4) is 0 Å². The molecule has 2 aromatic heterocycles. The van der Waals surface area contributed by atoms with Crippen LogP contribution in [-0.4, -0.2) is 81.5 Å². The third-order valence-electron chi connectivity index (χ3n) is 7.10. The molecule has 1 saturated heterocycles. The first-order valence-corrected chi connectivity index (χ1v) is 13.3. The Balaban J connectivity index is 1.39. The molecule has 2 aromatic rings. The van der Waals surface area contributed by atoms with Crippen LogP contribution < -0.4 is 20.9 Å². The van der Waals surface area contributed by atoms with Crippen molar-refractivity contribution in [1.29, 1.82) is 0 Å². The third-order valence-corrected chi connectivity index (χ3v) is 7.10. The van der Waals surface area contributed by atoms with Crippen LogP contribution in [0.5, 0.6) is 0 Å². The van der Waals surface area contributed by atoms with Gasteiger partial charge in [0.05, 0.1) is 0 Å². The summed E-state index contributed by atoms with van der Waals surface area (Å²) in [7, 11) is 0. The van der Waals surface area contributed by atoms with Crippen molar-refractivity contribution in [2.75, 3.05) is 41.7 Å². The van der Waals surface area contributed by atoms with Gasteiger partial charge in [-0.1, -0.05) is 13.0 Å². The zero-order valence-electron chi connectivity index (χ0n) is 22.1. The number of anilines is 3. The number of nitrogens with one attached hydrogen (secondary N) is 3. The minimum absolute atomic E-state index is 0.185. The van der Waals surface area contributed by atoms with Crippen molar-refractivity contribution in [2.45, 2.75) is 64.0 Å². The average molecular weight is 542 g/mol. The van der Waals surface area contributed by atoms with Gasteiger partial charge < -0.3 is 35.8 Å². The Labute approximate surface area is 226 Å². The molecule has 0 spiro atoms. The fourth-order valence-corrected chi connectivity index (χ4v) is 4.90. The Morgan fingerprint density at radius 3 is 2.64 bits per heavy atom. The maximum absolute atomic E-state index is 11.9. The smallest absolute Gasteiger partial charge is 0.408 e. The van der Waals surface area contributed by atoms with Crippen LogP contribution in [0.4, 0.5) is 22.2 Å². The number of carbonyl (C=O) groups is 3. The largest absolute Gasteiger partial charge is 0.480 e. The fourth-order valence-electron chi connectivity index (χ4n) is 4.90. The third kappa shape index (κ3) is 6.84. The Kier molecular flexibility index (Phi) is 8.99. The highest BCUT2D eigenvalue weighted by Crippen LogP contribution is 2.33. The number of carbonyl (C=O) groups excluding carboxylic acids is 1. The zero-order chi connectivity index (χ0) is 27.9. The highest BCUT2D eigenvalue weighted by molar-refractivity contribution is 5.82. The van der Waals surface area contributed by atoms with Gasteiger partial charge in [0.15, 0.2) is 6.10 Å².